The van der Waals surface area contributed by atoms with E-state index >= 15 is 0 Å². The SMILES string of the molecule is CCc1nn(C)cc1-c1nc(C(C)(C)C)n(C)c1N. The number of aryl methyl sites for hydroxylation is 2. The summed E-state index contributed by atoms with van der Waals surface area (Å²) in [6.45, 7) is 8.52. The molecular formula is C14H23N5. The second kappa shape index (κ2) is 4.40. The van der Waals surface area contributed by atoms with Crippen LogP contribution in [0.3, 0.4) is 0 Å². The number of nitrogen functional groups attached to an aromatic ring is 1. The van der Waals surface area contributed by atoms with Gasteiger partial charge in [-0.2, -0.15) is 5.10 Å². The molecule has 0 aliphatic carbocycles. The molecule has 19 heavy (non-hydrogen) atoms. The topological polar surface area (TPSA) is 61.7 Å². The van der Waals surface area contributed by atoms with Crippen LogP contribution in [0, 0.1) is 0 Å². The number of nitrogens with two attached hydrogens (primary N) is 1. The number of hydrogen-bond donors (Lipinski definition) is 1. The number of aromatic nitrogens is 4. The molecule has 2 heterocycles. The van der Waals surface area contributed by atoms with Crippen LogP contribution in [0.2, 0.25) is 0 Å². The van der Waals surface area contributed by atoms with E-state index in [4.69, 9.17) is 10.7 Å². The highest BCUT2D eigenvalue weighted by Crippen LogP contribution is 2.32. The van der Waals surface area contributed by atoms with Gasteiger partial charge in [0.25, 0.3) is 0 Å². The Morgan fingerprint density at radius 1 is 1.26 bits per heavy atom. The Hall–Kier alpha value is -1.78. The molecule has 0 bridgehead atoms. The maximum Gasteiger partial charge on any atom is 0.131 e. The molecule has 0 radical (unpaired) electrons. The largest absolute Gasteiger partial charge is 0.383 e. The predicted molar refractivity (Wildman–Crippen MR) is 77.9 cm³/mol. The van der Waals surface area contributed by atoms with Gasteiger partial charge in [0, 0.05) is 31.3 Å². The Labute approximate surface area is 114 Å². The number of rotatable bonds is 2. The van der Waals surface area contributed by atoms with Gasteiger partial charge in [0.05, 0.1) is 5.69 Å². The molecule has 104 valence electrons. The molecule has 0 saturated carbocycles. The molecule has 0 amide bonds. The summed E-state index contributed by atoms with van der Waals surface area (Å²) in [6, 6.07) is 0. The number of nitrogens with zero attached hydrogens (tertiary/aromatic N) is 4. The molecule has 0 atom stereocenters. The molecule has 5 nitrogen and oxygen atoms in total. The molecule has 0 aliphatic heterocycles. The van der Waals surface area contributed by atoms with Crippen molar-refractivity contribution in [2.24, 2.45) is 14.1 Å². The van der Waals surface area contributed by atoms with Crippen LogP contribution in [-0.4, -0.2) is 19.3 Å². The van der Waals surface area contributed by atoms with Crippen molar-refractivity contribution < 1.29 is 0 Å². The standard InChI is InChI=1S/C14H23N5/c1-7-10-9(8-18(5)17-10)11-12(15)19(6)13(16-11)14(2,3)4/h8H,7,15H2,1-6H3. The quantitative estimate of drug-likeness (QED) is 0.902. The first kappa shape index (κ1) is 13.6. The maximum absolute atomic E-state index is 6.23. The Bertz CT molecular complexity index is 598. The van der Waals surface area contributed by atoms with Crippen LogP contribution >= 0.6 is 0 Å². The Balaban J connectivity index is 2.64. The minimum atomic E-state index is -0.0320. The van der Waals surface area contributed by atoms with Crippen molar-refractivity contribution in [1.29, 1.82) is 0 Å². The number of anilines is 1. The van der Waals surface area contributed by atoms with Gasteiger partial charge in [-0.15, -0.1) is 0 Å². The third-order valence-corrected chi connectivity index (χ3v) is 3.31. The monoisotopic (exact) mass is 261 g/mol. The van der Waals surface area contributed by atoms with Crippen LogP contribution in [-0.2, 0) is 25.9 Å². The molecule has 2 aromatic rings. The van der Waals surface area contributed by atoms with Gasteiger partial charge >= 0.3 is 0 Å². The lowest BCUT2D eigenvalue weighted by Crippen LogP contribution is -2.17. The molecule has 0 spiro atoms. The summed E-state index contributed by atoms with van der Waals surface area (Å²) in [5, 5.41) is 4.46. The van der Waals surface area contributed by atoms with Crippen LogP contribution in [0.25, 0.3) is 11.3 Å². The summed E-state index contributed by atoms with van der Waals surface area (Å²) in [4.78, 5) is 4.76. The fraction of sp³-hybridized carbons (Fsp3) is 0.571. The third kappa shape index (κ3) is 2.25. The lowest BCUT2D eigenvalue weighted by atomic mass is 9.96. The van der Waals surface area contributed by atoms with E-state index in [1.54, 1.807) is 0 Å². The highest BCUT2D eigenvalue weighted by Gasteiger charge is 2.25. The molecule has 5 heteroatoms. The van der Waals surface area contributed by atoms with Crippen molar-refractivity contribution in [3.8, 4) is 11.3 Å². The van der Waals surface area contributed by atoms with Gasteiger partial charge in [0.1, 0.15) is 17.3 Å². The lowest BCUT2D eigenvalue weighted by molar-refractivity contribution is 0.524. The Morgan fingerprint density at radius 2 is 1.89 bits per heavy atom. The highest BCUT2D eigenvalue weighted by atomic mass is 15.3. The van der Waals surface area contributed by atoms with Gasteiger partial charge in [0.2, 0.25) is 0 Å². The van der Waals surface area contributed by atoms with Crippen LogP contribution in [0.4, 0.5) is 5.82 Å². The third-order valence-electron chi connectivity index (χ3n) is 3.31. The van der Waals surface area contributed by atoms with Crippen LogP contribution in [0.1, 0.15) is 39.2 Å². The maximum atomic E-state index is 6.23. The zero-order valence-corrected chi connectivity index (χ0v) is 12.7. The van der Waals surface area contributed by atoms with E-state index in [1.807, 2.05) is 29.5 Å². The number of hydrogen-bond acceptors (Lipinski definition) is 3. The van der Waals surface area contributed by atoms with E-state index in [9.17, 15) is 0 Å². The molecular weight excluding hydrogens is 238 g/mol. The normalized spacial score (nSPS) is 12.1. The fourth-order valence-corrected chi connectivity index (χ4v) is 2.37. The molecule has 0 saturated heterocycles. The zero-order valence-electron chi connectivity index (χ0n) is 12.7. The zero-order chi connectivity index (χ0) is 14.4. The second-order valence-electron chi connectivity index (χ2n) is 5.99. The molecule has 0 unspecified atom stereocenters. The van der Waals surface area contributed by atoms with Gasteiger partial charge in [-0.3, -0.25) is 4.68 Å². The van der Waals surface area contributed by atoms with Crippen LogP contribution in [0.15, 0.2) is 6.20 Å². The molecule has 0 aromatic carbocycles. The first-order valence-electron chi connectivity index (χ1n) is 6.61. The van der Waals surface area contributed by atoms with E-state index < -0.39 is 0 Å². The van der Waals surface area contributed by atoms with Gasteiger partial charge in [-0.05, 0) is 6.42 Å². The minimum Gasteiger partial charge on any atom is -0.383 e. The van der Waals surface area contributed by atoms with Crippen molar-refractivity contribution in [3.05, 3.63) is 17.7 Å². The van der Waals surface area contributed by atoms with E-state index in [-0.39, 0.29) is 5.41 Å². The molecule has 2 N–H and O–H groups in total. The van der Waals surface area contributed by atoms with Gasteiger partial charge in [-0.25, -0.2) is 4.98 Å². The summed E-state index contributed by atoms with van der Waals surface area (Å²) >= 11 is 0. The summed E-state index contributed by atoms with van der Waals surface area (Å²) in [5.74, 6) is 1.69. The van der Waals surface area contributed by atoms with Crippen molar-refractivity contribution >= 4 is 5.82 Å². The molecule has 2 aromatic heterocycles. The van der Waals surface area contributed by atoms with Crippen molar-refractivity contribution in [3.63, 3.8) is 0 Å². The summed E-state index contributed by atoms with van der Waals surface area (Å²) < 4.78 is 3.79. The van der Waals surface area contributed by atoms with Crippen LogP contribution in [0.5, 0.6) is 0 Å². The van der Waals surface area contributed by atoms with E-state index in [2.05, 4.69) is 32.8 Å². The van der Waals surface area contributed by atoms with Crippen molar-refractivity contribution in [2.75, 3.05) is 5.73 Å². The van der Waals surface area contributed by atoms with E-state index in [0.29, 0.717) is 5.82 Å². The Kier molecular flexibility index (Phi) is 3.16. The molecule has 2 rings (SSSR count). The van der Waals surface area contributed by atoms with E-state index in [0.717, 1.165) is 29.2 Å². The van der Waals surface area contributed by atoms with E-state index in [1.165, 1.54) is 0 Å². The first-order chi connectivity index (χ1) is 8.75. The average Bonchev–Trinajstić information content (AvgIpc) is 2.80. The summed E-state index contributed by atoms with van der Waals surface area (Å²) in [7, 11) is 3.89. The van der Waals surface area contributed by atoms with Gasteiger partial charge in [0.15, 0.2) is 0 Å². The highest BCUT2D eigenvalue weighted by molar-refractivity contribution is 5.72. The van der Waals surface area contributed by atoms with Gasteiger partial charge < -0.3 is 10.3 Å². The van der Waals surface area contributed by atoms with Crippen LogP contribution < -0.4 is 5.73 Å². The lowest BCUT2D eigenvalue weighted by Gasteiger charge is -2.17. The average molecular weight is 261 g/mol. The molecule has 0 aliphatic rings. The Morgan fingerprint density at radius 3 is 2.37 bits per heavy atom. The van der Waals surface area contributed by atoms with Crippen molar-refractivity contribution in [2.45, 2.75) is 39.5 Å². The van der Waals surface area contributed by atoms with Crippen molar-refractivity contribution in [1.82, 2.24) is 19.3 Å². The predicted octanol–water partition coefficient (Wildman–Crippen LogP) is 2.26. The summed E-state index contributed by atoms with van der Waals surface area (Å²) in [5.41, 5.74) is 9.11. The minimum absolute atomic E-state index is 0.0320. The summed E-state index contributed by atoms with van der Waals surface area (Å²) in [6.07, 6.45) is 2.86. The smallest absolute Gasteiger partial charge is 0.131 e. The second-order valence-corrected chi connectivity index (χ2v) is 5.99. The molecule has 0 fully saturated rings. The van der Waals surface area contributed by atoms with Gasteiger partial charge in [-0.1, -0.05) is 27.7 Å². The first-order valence-corrected chi connectivity index (χ1v) is 6.61. The fourth-order valence-electron chi connectivity index (χ4n) is 2.37. The number of imidazole rings is 1.